The van der Waals surface area contributed by atoms with Crippen molar-refractivity contribution >= 4 is 0 Å². The Kier molecular flexibility index (Phi) is 5.97. The van der Waals surface area contributed by atoms with Gasteiger partial charge in [0.05, 0.1) is 6.61 Å². The summed E-state index contributed by atoms with van der Waals surface area (Å²) >= 11 is 0. The number of ether oxygens (including phenoxy) is 1. The van der Waals surface area contributed by atoms with E-state index in [1.54, 1.807) is 0 Å². The van der Waals surface area contributed by atoms with Crippen molar-refractivity contribution < 1.29 is 9.84 Å². The average molecular weight is 284 g/mol. The van der Waals surface area contributed by atoms with Crippen LogP contribution >= 0.6 is 0 Å². The van der Waals surface area contributed by atoms with E-state index in [0.717, 1.165) is 24.0 Å². The van der Waals surface area contributed by atoms with E-state index in [1.807, 2.05) is 25.1 Å². The highest BCUT2D eigenvalue weighted by Gasteiger charge is 2.10. The Hall–Kier alpha value is -1.64. The Morgan fingerprint density at radius 1 is 1.05 bits per heavy atom. The van der Waals surface area contributed by atoms with E-state index in [0.29, 0.717) is 13.2 Å². The lowest BCUT2D eigenvalue weighted by Crippen LogP contribution is -2.10. The summed E-state index contributed by atoms with van der Waals surface area (Å²) < 4.78 is 5.61. The summed E-state index contributed by atoms with van der Waals surface area (Å²) in [5, 5.41) is 10.2. The fourth-order valence-electron chi connectivity index (χ4n) is 2.51. The molecule has 2 aromatic carbocycles. The molecule has 0 aliphatic heterocycles. The Balaban J connectivity index is 1.71. The van der Waals surface area contributed by atoms with Crippen molar-refractivity contribution in [2.24, 2.45) is 0 Å². The third kappa shape index (κ3) is 5.00. The zero-order valence-corrected chi connectivity index (χ0v) is 12.9. The fourth-order valence-corrected chi connectivity index (χ4v) is 2.51. The third-order valence-electron chi connectivity index (χ3n) is 3.66. The molecule has 0 aliphatic carbocycles. The quantitative estimate of drug-likeness (QED) is 0.779. The summed E-state index contributed by atoms with van der Waals surface area (Å²) in [6.45, 7) is 5.12. The van der Waals surface area contributed by atoms with Crippen LogP contribution in [0.1, 0.15) is 34.8 Å². The standard InChI is InChI=1S/C19H24O2/c1-15-10-11-18(16(2)13-15)19(20)14-21-12-6-9-17-7-4-3-5-8-17/h3-5,7-8,10-11,13,19-20H,6,9,12,14H2,1-2H3. The summed E-state index contributed by atoms with van der Waals surface area (Å²) in [6, 6.07) is 16.5. The van der Waals surface area contributed by atoms with Gasteiger partial charge in [-0.3, -0.25) is 0 Å². The highest BCUT2D eigenvalue weighted by atomic mass is 16.5. The molecule has 1 atom stereocenters. The zero-order chi connectivity index (χ0) is 15.1. The molecule has 21 heavy (non-hydrogen) atoms. The van der Waals surface area contributed by atoms with E-state index >= 15 is 0 Å². The van der Waals surface area contributed by atoms with Gasteiger partial charge in [-0.2, -0.15) is 0 Å². The SMILES string of the molecule is Cc1ccc(C(O)COCCCc2ccccc2)c(C)c1. The summed E-state index contributed by atoms with van der Waals surface area (Å²) in [5.41, 5.74) is 4.63. The van der Waals surface area contributed by atoms with Gasteiger partial charge in [-0.25, -0.2) is 0 Å². The Bertz CT molecular complexity index is 549. The van der Waals surface area contributed by atoms with E-state index in [2.05, 4.69) is 37.3 Å². The van der Waals surface area contributed by atoms with Crippen LogP contribution in [0.5, 0.6) is 0 Å². The number of rotatable bonds is 7. The van der Waals surface area contributed by atoms with Crippen LogP contribution in [0.15, 0.2) is 48.5 Å². The van der Waals surface area contributed by atoms with E-state index in [9.17, 15) is 5.11 Å². The predicted octanol–water partition coefficient (Wildman–Crippen LogP) is 3.99. The number of aryl methyl sites for hydroxylation is 3. The van der Waals surface area contributed by atoms with E-state index < -0.39 is 6.10 Å². The molecular formula is C19H24O2. The van der Waals surface area contributed by atoms with Crippen molar-refractivity contribution in [3.8, 4) is 0 Å². The highest BCUT2D eigenvalue weighted by Crippen LogP contribution is 2.19. The lowest BCUT2D eigenvalue weighted by atomic mass is 10.0. The third-order valence-corrected chi connectivity index (χ3v) is 3.66. The predicted molar refractivity (Wildman–Crippen MR) is 86.5 cm³/mol. The molecule has 2 rings (SSSR count). The molecule has 2 heteroatoms. The second-order valence-electron chi connectivity index (χ2n) is 5.54. The maximum Gasteiger partial charge on any atom is 0.103 e. The minimum absolute atomic E-state index is 0.360. The van der Waals surface area contributed by atoms with E-state index in [1.165, 1.54) is 11.1 Å². The van der Waals surface area contributed by atoms with E-state index in [-0.39, 0.29) is 0 Å². The molecule has 1 unspecified atom stereocenters. The molecule has 2 aromatic rings. The van der Waals surface area contributed by atoms with Crippen molar-refractivity contribution in [1.29, 1.82) is 0 Å². The first-order chi connectivity index (χ1) is 10.2. The first-order valence-electron chi connectivity index (χ1n) is 7.53. The zero-order valence-electron chi connectivity index (χ0n) is 12.9. The maximum absolute atomic E-state index is 10.2. The van der Waals surface area contributed by atoms with Crippen LogP contribution in [0.25, 0.3) is 0 Å². The number of aliphatic hydroxyl groups excluding tert-OH is 1. The van der Waals surface area contributed by atoms with Crippen LogP contribution in [0.3, 0.4) is 0 Å². The monoisotopic (exact) mass is 284 g/mol. The van der Waals surface area contributed by atoms with Gasteiger partial charge in [-0.05, 0) is 43.4 Å². The molecule has 0 spiro atoms. The van der Waals surface area contributed by atoms with Crippen LogP contribution in [0.2, 0.25) is 0 Å². The first kappa shape index (κ1) is 15.7. The fraction of sp³-hybridized carbons (Fsp3) is 0.368. The topological polar surface area (TPSA) is 29.5 Å². The number of hydrogen-bond donors (Lipinski definition) is 1. The molecule has 0 heterocycles. The van der Waals surface area contributed by atoms with Gasteiger partial charge in [0, 0.05) is 6.61 Å². The van der Waals surface area contributed by atoms with Crippen molar-refractivity contribution in [2.75, 3.05) is 13.2 Å². The van der Waals surface area contributed by atoms with Gasteiger partial charge in [0.2, 0.25) is 0 Å². The lowest BCUT2D eigenvalue weighted by Gasteiger charge is -2.14. The van der Waals surface area contributed by atoms with Gasteiger partial charge in [0.25, 0.3) is 0 Å². The molecule has 0 saturated carbocycles. The van der Waals surface area contributed by atoms with Gasteiger partial charge in [0.15, 0.2) is 0 Å². The van der Waals surface area contributed by atoms with Gasteiger partial charge in [-0.15, -0.1) is 0 Å². The molecule has 2 nitrogen and oxygen atoms in total. The molecule has 0 radical (unpaired) electrons. The molecule has 0 fully saturated rings. The Morgan fingerprint density at radius 2 is 1.81 bits per heavy atom. The molecule has 0 bridgehead atoms. The Labute approximate surface area is 127 Å². The molecule has 1 N–H and O–H groups in total. The lowest BCUT2D eigenvalue weighted by molar-refractivity contribution is 0.0349. The number of hydrogen-bond acceptors (Lipinski definition) is 2. The molecule has 0 saturated heterocycles. The first-order valence-corrected chi connectivity index (χ1v) is 7.53. The molecular weight excluding hydrogens is 260 g/mol. The van der Waals surface area contributed by atoms with Crippen LogP contribution in [-0.4, -0.2) is 18.3 Å². The van der Waals surface area contributed by atoms with Crippen molar-refractivity contribution in [1.82, 2.24) is 0 Å². The van der Waals surface area contributed by atoms with Crippen LogP contribution in [0.4, 0.5) is 0 Å². The summed E-state index contributed by atoms with van der Waals surface area (Å²) in [4.78, 5) is 0. The largest absolute Gasteiger partial charge is 0.386 e. The minimum Gasteiger partial charge on any atom is -0.386 e. The van der Waals surface area contributed by atoms with Gasteiger partial charge < -0.3 is 9.84 Å². The van der Waals surface area contributed by atoms with Crippen molar-refractivity contribution in [3.63, 3.8) is 0 Å². The number of benzene rings is 2. The van der Waals surface area contributed by atoms with Crippen molar-refractivity contribution in [2.45, 2.75) is 32.8 Å². The summed E-state index contributed by atoms with van der Waals surface area (Å²) in [7, 11) is 0. The van der Waals surface area contributed by atoms with Gasteiger partial charge in [-0.1, -0.05) is 54.1 Å². The van der Waals surface area contributed by atoms with Crippen LogP contribution in [0, 0.1) is 13.8 Å². The van der Waals surface area contributed by atoms with Gasteiger partial charge in [0.1, 0.15) is 6.10 Å². The number of aliphatic hydroxyl groups is 1. The second-order valence-corrected chi connectivity index (χ2v) is 5.54. The average Bonchev–Trinajstić information content (AvgIpc) is 2.47. The smallest absolute Gasteiger partial charge is 0.103 e. The molecule has 0 amide bonds. The minimum atomic E-state index is -0.540. The summed E-state index contributed by atoms with van der Waals surface area (Å²) in [5.74, 6) is 0. The summed E-state index contributed by atoms with van der Waals surface area (Å²) in [6.07, 6.45) is 1.45. The highest BCUT2D eigenvalue weighted by molar-refractivity contribution is 5.31. The van der Waals surface area contributed by atoms with Gasteiger partial charge >= 0.3 is 0 Å². The molecule has 0 aromatic heterocycles. The van der Waals surface area contributed by atoms with Crippen LogP contribution in [-0.2, 0) is 11.2 Å². The second kappa shape index (κ2) is 7.96. The maximum atomic E-state index is 10.2. The molecule has 0 aliphatic rings. The normalized spacial score (nSPS) is 12.3. The van der Waals surface area contributed by atoms with Crippen LogP contribution < -0.4 is 0 Å². The molecule has 112 valence electrons. The van der Waals surface area contributed by atoms with E-state index in [4.69, 9.17) is 4.74 Å². The Morgan fingerprint density at radius 3 is 2.52 bits per heavy atom. The van der Waals surface area contributed by atoms with Crippen molar-refractivity contribution in [3.05, 3.63) is 70.8 Å².